The lowest BCUT2D eigenvalue weighted by Gasteiger charge is -2.08. The summed E-state index contributed by atoms with van der Waals surface area (Å²) in [5.74, 6) is 1.08. The van der Waals surface area contributed by atoms with Gasteiger partial charge in [-0.2, -0.15) is 0 Å². The van der Waals surface area contributed by atoms with Gasteiger partial charge in [0.15, 0.2) is 0 Å². The zero-order valence-corrected chi connectivity index (χ0v) is 11.4. The maximum Gasteiger partial charge on any atom is 0.0715 e. The Labute approximate surface area is 108 Å². The Balaban J connectivity index is 2.58. The molecule has 2 nitrogen and oxygen atoms in total. The van der Waals surface area contributed by atoms with Crippen molar-refractivity contribution in [2.75, 3.05) is 11.5 Å². The van der Waals surface area contributed by atoms with E-state index in [4.69, 9.17) is 5.73 Å². The van der Waals surface area contributed by atoms with E-state index in [1.54, 1.807) is 18.0 Å². The van der Waals surface area contributed by atoms with E-state index in [1.807, 2.05) is 12.1 Å². The van der Waals surface area contributed by atoms with Gasteiger partial charge in [-0.15, -0.1) is 11.8 Å². The molecule has 16 heavy (non-hydrogen) atoms. The highest BCUT2D eigenvalue weighted by Crippen LogP contribution is 2.33. The summed E-state index contributed by atoms with van der Waals surface area (Å²) < 4.78 is 1.06. The van der Waals surface area contributed by atoms with E-state index in [-0.39, 0.29) is 0 Å². The number of hydrogen-bond acceptors (Lipinski definition) is 3. The number of hydrogen-bond donors (Lipinski definition) is 1. The van der Waals surface area contributed by atoms with Crippen LogP contribution >= 0.6 is 27.7 Å². The molecular formula is C12H13BrN2S. The minimum atomic E-state index is 0.768. The van der Waals surface area contributed by atoms with E-state index in [1.165, 1.54) is 0 Å². The Kier molecular flexibility index (Phi) is 3.71. The molecule has 0 fully saturated rings. The molecule has 1 aromatic carbocycles. The number of rotatable bonds is 3. The molecule has 0 spiro atoms. The highest BCUT2D eigenvalue weighted by atomic mass is 79.9. The number of benzene rings is 1. The highest BCUT2D eigenvalue weighted by Gasteiger charge is 2.07. The van der Waals surface area contributed by atoms with Gasteiger partial charge < -0.3 is 5.73 Å². The van der Waals surface area contributed by atoms with Crippen LogP contribution in [0, 0.1) is 0 Å². The second-order valence-corrected chi connectivity index (χ2v) is 5.57. The lowest BCUT2D eigenvalue weighted by molar-refractivity contribution is 1.11. The Hall–Kier alpha value is -0.740. The first-order valence-electron chi connectivity index (χ1n) is 5.19. The molecule has 0 aliphatic carbocycles. The smallest absolute Gasteiger partial charge is 0.0715 e. The van der Waals surface area contributed by atoms with Crippen molar-refractivity contribution in [1.29, 1.82) is 0 Å². The molecule has 0 radical (unpaired) electrons. The van der Waals surface area contributed by atoms with Gasteiger partial charge in [-0.05, 0) is 30.4 Å². The van der Waals surface area contributed by atoms with Crippen LogP contribution in [0.5, 0.6) is 0 Å². The molecule has 4 heteroatoms. The molecule has 2 aromatic rings. The normalized spacial score (nSPS) is 10.9. The summed E-state index contributed by atoms with van der Waals surface area (Å²) in [5.41, 5.74) is 7.74. The van der Waals surface area contributed by atoms with E-state index < -0.39 is 0 Å². The Morgan fingerprint density at radius 2 is 2.25 bits per heavy atom. The van der Waals surface area contributed by atoms with Crippen LogP contribution in [0.3, 0.4) is 0 Å². The summed E-state index contributed by atoms with van der Waals surface area (Å²) >= 11 is 5.28. The molecule has 0 saturated carbocycles. The molecule has 0 saturated heterocycles. The second kappa shape index (κ2) is 5.06. The topological polar surface area (TPSA) is 38.9 Å². The van der Waals surface area contributed by atoms with Gasteiger partial charge in [0.1, 0.15) is 0 Å². The summed E-state index contributed by atoms with van der Waals surface area (Å²) in [7, 11) is 0. The minimum absolute atomic E-state index is 0.768. The van der Waals surface area contributed by atoms with Crippen LogP contribution in [-0.2, 0) is 0 Å². The predicted octanol–water partition coefficient (Wildman–Crippen LogP) is 4.08. The summed E-state index contributed by atoms with van der Waals surface area (Å²) in [5, 5.41) is 1.13. The Morgan fingerprint density at radius 1 is 1.44 bits per heavy atom. The molecular weight excluding hydrogens is 284 g/mol. The van der Waals surface area contributed by atoms with Crippen molar-refractivity contribution in [2.45, 2.75) is 18.2 Å². The third-order valence-corrected chi connectivity index (χ3v) is 4.11. The molecule has 2 N–H and O–H groups in total. The second-order valence-electron chi connectivity index (χ2n) is 3.55. The average molecular weight is 297 g/mol. The van der Waals surface area contributed by atoms with Crippen molar-refractivity contribution >= 4 is 44.3 Å². The van der Waals surface area contributed by atoms with Crippen LogP contribution in [0.4, 0.5) is 5.69 Å². The molecule has 0 atom stereocenters. The minimum Gasteiger partial charge on any atom is -0.397 e. The number of halogens is 1. The van der Waals surface area contributed by atoms with Gasteiger partial charge in [0.25, 0.3) is 0 Å². The summed E-state index contributed by atoms with van der Waals surface area (Å²) in [6.07, 6.45) is 2.89. The van der Waals surface area contributed by atoms with Crippen molar-refractivity contribution in [2.24, 2.45) is 0 Å². The van der Waals surface area contributed by atoms with E-state index in [2.05, 4.69) is 33.9 Å². The average Bonchev–Trinajstić information content (AvgIpc) is 2.28. The molecule has 1 heterocycles. The third-order valence-electron chi connectivity index (χ3n) is 2.26. The molecule has 0 bridgehead atoms. The standard InChI is InChI=1S/C12H13BrN2S/c1-2-5-16-12-9-6-8(13)3-4-11(9)15-7-10(12)14/h3-4,6-7H,2,5,14H2,1H3. The van der Waals surface area contributed by atoms with Gasteiger partial charge in [-0.1, -0.05) is 22.9 Å². The van der Waals surface area contributed by atoms with Crippen LogP contribution < -0.4 is 5.73 Å². The monoisotopic (exact) mass is 296 g/mol. The van der Waals surface area contributed by atoms with E-state index in [9.17, 15) is 0 Å². The number of nitrogen functional groups attached to an aromatic ring is 1. The molecule has 1 aromatic heterocycles. The van der Waals surface area contributed by atoms with Crippen molar-refractivity contribution in [3.8, 4) is 0 Å². The van der Waals surface area contributed by atoms with Crippen LogP contribution in [0.2, 0.25) is 0 Å². The van der Waals surface area contributed by atoms with Crippen LogP contribution in [-0.4, -0.2) is 10.7 Å². The number of anilines is 1. The van der Waals surface area contributed by atoms with Crippen molar-refractivity contribution in [3.63, 3.8) is 0 Å². The maximum atomic E-state index is 5.98. The van der Waals surface area contributed by atoms with Crippen LogP contribution in [0.15, 0.2) is 33.8 Å². The van der Waals surface area contributed by atoms with Crippen LogP contribution in [0.1, 0.15) is 13.3 Å². The van der Waals surface area contributed by atoms with Gasteiger partial charge in [0.2, 0.25) is 0 Å². The van der Waals surface area contributed by atoms with Crippen molar-refractivity contribution < 1.29 is 0 Å². The zero-order valence-electron chi connectivity index (χ0n) is 9.03. The maximum absolute atomic E-state index is 5.98. The largest absolute Gasteiger partial charge is 0.397 e. The SMILES string of the molecule is CCCSc1c(N)cnc2ccc(Br)cc12. The third kappa shape index (κ3) is 2.33. The van der Waals surface area contributed by atoms with Crippen LogP contribution in [0.25, 0.3) is 10.9 Å². The summed E-state index contributed by atoms with van der Waals surface area (Å²) in [4.78, 5) is 5.48. The van der Waals surface area contributed by atoms with Crippen molar-refractivity contribution in [3.05, 3.63) is 28.9 Å². The van der Waals surface area contributed by atoms with Gasteiger partial charge >= 0.3 is 0 Å². The van der Waals surface area contributed by atoms with Gasteiger partial charge in [-0.3, -0.25) is 4.98 Å². The molecule has 0 amide bonds. The van der Waals surface area contributed by atoms with E-state index >= 15 is 0 Å². The van der Waals surface area contributed by atoms with Gasteiger partial charge in [-0.25, -0.2) is 0 Å². The fraction of sp³-hybridized carbons (Fsp3) is 0.250. The lowest BCUT2D eigenvalue weighted by atomic mass is 10.2. The zero-order chi connectivity index (χ0) is 11.5. The fourth-order valence-corrected chi connectivity index (χ4v) is 2.83. The van der Waals surface area contributed by atoms with E-state index in [0.717, 1.165) is 38.1 Å². The quantitative estimate of drug-likeness (QED) is 0.868. The summed E-state index contributed by atoms with van der Waals surface area (Å²) in [6.45, 7) is 2.17. The Bertz CT molecular complexity index is 508. The predicted molar refractivity (Wildman–Crippen MR) is 74.9 cm³/mol. The first-order chi connectivity index (χ1) is 7.72. The Morgan fingerprint density at radius 3 is 3.00 bits per heavy atom. The summed E-state index contributed by atoms with van der Waals surface area (Å²) in [6, 6.07) is 6.09. The lowest BCUT2D eigenvalue weighted by Crippen LogP contribution is -1.93. The molecule has 0 unspecified atom stereocenters. The number of nitrogens with two attached hydrogens (primary N) is 1. The number of aromatic nitrogens is 1. The van der Waals surface area contributed by atoms with Crippen molar-refractivity contribution in [1.82, 2.24) is 4.98 Å². The van der Waals surface area contributed by atoms with E-state index in [0.29, 0.717) is 0 Å². The number of pyridine rings is 1. The number of nitrogens with zero attached hydrogens (tertiary/aromatic N) is 1. The fourth-order valence-electron chi connectivity index (χ4n) is 1.52. The molecule has 0 aliphatic rings. The molecule has 2 rings (SSSR count). The van der Waals surface area contributed by atoms with Gasteiger partial charge in [0.05, 0.1) is 17.4 Å². The van der Waals surface area contributed by atoms with Gasteiger partial charge in [0, 0.05) is 14.8 Å². The molecule has 0 aliphatic heterocycles. The number of thioether (sulfide) groups is 1. The number of fused-ring (bicyclic) bond motifs is 1. The first-order valence-corrected chi connectivity index (χ1v) is 6.96. The first kappa shape index (κ1) is 11.7. The molecule has 84 valence electrons. The highest BCUT2D eigenvalue weighted by molar-refractivity contribution is 9.10.